The molecule has 1 aromatic heterocycles. The molecule has 0 atom stereocenters. The standard InChI is InChI=1S/C18H18N2/c1-3-15-7-4-5-8-17(15)18-13-16(10-9-14(18)2)20-12-6-11-19-20/h4-13H,3H2,1-2H3. The molecule has 0 spiro atoms. The molecule has 0 fully saturated rings. The quantitative estimate of drug-likeness (QED) is 0.683. The van der Waals surface area contributed by atoms with Crippen molar-refractivity contribution in [1.82, 2.24) is 9.78 Å². The summed E-state index contributed by atoms with van der Waals surface area (Å²) in [6.07, 6.45) is 4.82. The molecule has 0 N–H and O–H groups in total. The average Bonchev–Trinajstić information content (AvgIpc) is 3.02. The van der Waals surface area contributed by atoms with Crippen molar-refractivity contribution in [2.24, 2.45) is 0 Å². The largest absolute Gasteiger partial charge is 0.241 e. The molecular weight excluding hydrogens is 244 g/mol. The van der Waals surface area contributed by atoms with E-state index >= 15 is 0 Å². The first-order valence-corrected chi connectivity index (χ1v) is 6.98. The highest BCUT2D eigenvalue weighted by molar-refractivity contribution is 5.72. The zero-order chi connectivity index (χ0) is 13.9. The van der Waals surface area contributed by atoms with Crippen LogP contribution in [0.15, 0.2) is 60.9 Å². The van der Waals surface area contributed by atoms with Crippen molar-refractivity contribution < 1.29 is 0 Å². The van der Waals surface area contributed by atoms with Crippen molar-refractivity contribution in [3.05, 3.63) is 72.1 Å². The molecule has 20 heavy (non-hydrogen) atoms. The van der Waals surface area contributed by atoms with E-state index in [0.717, 1.165) is 12.1 Å². The zero-order valence-corrected chi connectivity index (χ0v) is 11.9. The maximum atomic E-state index is 4.31. The Morgan fingerprint density at radius 3 is 2.60 bits per heavy atom. The predicted octanol–water partition coefficient (Wildman–Crippen LogP) is 4.41. The molecule has 0 aliphatic heterocycles. The van der Waals surface area contributed by atoms with E-state index in [9.17, 15) is 0 Å². The third-order valence-corrected chi connectivity index (χ3v) is 3.68. The van der Waals surface area contributed by atoms with E-state index in [2.05, 4.69) is 61.4 Å². The van der Waals surface area contributed by atoms with Gasteiger partial charge in [0, 0.05) is 12.4 Å². The molecule has 0 bridgehead atoms. The minimum Gasteiger partial charge on any atom is -0.241 e. The summed E-state index contributed by atoms with van der Waals surface area (Å²) in [5, 5.41) is 4.31. The van der Waals surface area contributed by atoms with E-state index in [1.54, 1.807) is 6.20 Å². The van der Waals surface area contributed by atoms with Gasteiger partial charge in [-0.25, -0.2) is 4.68 Å². The first-order valence-electron chi connectivity index (χ1n) is 6.98. The van der Waals surface area contributed by atoms with E-state index in [4.69, 9.17) is 0 Å². The van der Waals surface area contributed by atoms with Gasteiger partial charge < -0.3 is 0 Å². The Balaban J connectivity index is 2.16. The fourth-order valence-corrected chi connectivity index (χ4v) is 2.56. The van der Waals surface area contributed by atoms with E-state index in [1.165, 1.54) is 22.3 Å². The fourth-order valence-electron chi connectivity index (χ4n) is 2.56. The van der Waals surface area contributed by atoms with Gasteiger partial charge in [0.2, 0.25) is 0 Å². The molecule has 0 radical (unpaired) electrons. The summed E-state index contributed by atoms with van der Waals surface area (Å²) in [5.74, 6) is 0. The van der Waals surface area contributed by atoms with Crippen molar-refractivity contribution in [3.63, 3.8) is 0 Å². The van der Waals surface area contributed by atoms with Gasteiger partial charge in [-0.05, 0) is 53.8 Å². The van der Waals surface area contributed by atoms with Gasteiger partial charge in [-0.2, -0.15) is 5.10 Å². The molecule has 0 amide bonds. The number of aromatic nitrogens is 2. The second kappa shape index (κ2) is 5.33. The van der Waals surface area contributed by atoms with Crippen LogP contribution in [0.2, 0.25) is 0 Å². The van der Waals surface area contributed by atoms with Gasteiger partial charge in [-0.15, -0.1) is 0 Å². The van der Waals surface area contributed by atoms with Crippen LogP contribution in [0.3, 0.4) is 0 Å². The van der Waals surface area contributed by atoms with Crippen molar-refractivity contribution in [1.29, 1.82) is 0 Å². The third kappa shape index (κ3) is 2.25. The second-order valence-corrected chi connectivity index (χ2v) is 4.96. The number of benzene rings is 2. The molecule has 0 saturated heterocycles. The van der Waals surface area contributed by atoms with Crippen LogP contribution in [-0.4, -0.2) is 9.78 Å². The van der Waals surface area contributed by atoms with Crippen LogP contribution in [0.4, 0.5) is 0 Å². The molecule has 2 nitrogen and oxygen atoms in total. The summed E-state index contributed by atoms with van der Waals surface area (Å²) in [6.45, 7) is 4.36. The van der Waals surface area contributed by atoms with E-state index in [1.807, 2.05) is 16.9 Å². The first kappa shape index (κ1) is 12.7. The van der Waals surface area contributed by atoms with Crippen molar-refractivity contribution in [3.8, 4) is 16.8 Å². The lowest BCUT2D eigenvalue weighted by molar-refractivity contribution is 0.880. The number of rotatable bonds is 3. The van der Waals surface area contributed by atoms with Crippen LogP contribution in [0, 0.1) is 6.92 Å². The van der Waals surface area contributed by atoms with Crippen LogP contribution in [0.25, 0.3) is 16.8 Å². The molecule has 2 aromatic carbocycles. The van der Waals surface area contributed by atoms with Crippen molar-refractivity contribution >= 4 is 0 Å². The summed E-state index contributed by atoms with van der Waals surface area (Å²) in [5.41, 5.74) is 6.38. The number of aryl methyl sites for hydroxylation is 2. The summed E-state index contributed by atoms with van der Waals surface area (Å²) in [4.78, 5) is 0. The van der Waals surface area contributed by atoms with Crippen LogP contribution in [0.1, 0.15) is 18.1 Å². The smallest absolute Gasteiger partial charge is 0.0651 e. The Morgan fingerprint density at radius 1 is 1.00 bits per heavy atom. The highest BCUT2D eigenvalue weighted by atomic mass is 15.3. The topological polar surface area (TPSA) is 17.8 Å². The normalized spacial score (nSPS) is 10.7. The molecule has 0 aliphatic carbocycles. The maximum absolute atomic E-state index is 4.31. The SMILES string of the molecule is CCc1ccccc1-c1cc(-n2cccn2)ccc1C. The van der Waals surface area contributed by atoms with Crippen LogP contribution in [0.5, 0.6) is 0 Å². The number of hydrogen-bond acceptors (Lipinski definition) is 1. The number of hydrogen-bond donors (Lipinski definition) is 0. The van der Waals surface area contributed by atoms with Crippen molar-refractivity contribution in [2.45, 2.75) is 20.3 Å². The van der Waals surface area contributed by atoms with E-state index < -0.39 is 0 Å². The molecular formula is C18H18N2. The van der Waals surface area contributed by atoms with E-state index in [0.29, 0.717) is 0 Å². The fraction of sp³-hybridized carbons (Fsp3) is 0.167. The molecule has 0 unspecified atom stereocenters. The van der Waals surface area contributed by atoms with Gasteiger partial charge >= 0.3 is 0 Å². The minimum atomic E-state index is 1.04. The maximum Gasteiger partial charge on any atom is 0.0651 e. The Kier molecular flexibility index (Phi) is 3.38. The third-order valence-electron chi connectivity index (χ3n) is 3.68. The first-order chi connectivity index (χ1) is 9.79. The van der Waals surface area contributed by atoms with Crippen LogP contribution < -0.4 is 0 Å². The van der Waals surface area contributed by atoms with Gasteiger partial charge in [0.1, 0.15) is 0 Å². The van der Waals surface area contributed by atoms with E-state index in [-0.39, 0.29) is 0 Å². The molecule has 2 heteroatoms. The summed E-state index contributed by atoms with van der Waals surface area (Å²) < 4.78 is 1.90. The zero-order valence-electron chi connectivity index (χ0n) is 11.9. The Bertz CT molecular complexity index is 712. The highest BCUT2D eigenvalue weighted by Crippen LogP contribution is 2.29. The molecule has 0 aliphatic rings. The minimum absolute atomic E-state index is 1.04. The van der Waals surface area contributed by atoms with Gasteiger partial charge in [-0.1, -0.05) is 37.3 Å². The average molecular weight is 262 g/mol. The predicted molar refractivity (Wildman–Crippen MR) is 83.1 cm³/mol. The van der Waals surface area contributed by atoms with Crippen LogP contribution in [-0.2, 0) is 6.42 Å². The van der Waals surface area contributed by atoms with Gasteiger partial charge in [-0.3, -0.25) is 0 Å². The molecule has 0 saturated carbocycles. The molecule has 3 rings (SSSR count). The monoisotopic (exact) mass is 262 g/mol. The highest BCUT2D eigenvalue weighted by Gasteiger charge is 2.08. The Labute approximate surface area is 119 Å². The lowest BCUT2D eigenvalue weighted by Crippen LogP contribution is -1.97. The lowest BCUT2D eigenvalue weighted by atomic mass is 9.94. The second-order valence-electron chi connectivity index (χ2n) is 4.96. The van der Waals surface area contributed by atoms with Crippen molar-refractivity contribution in [2.75, 3.05) is 0 Å². The molecule has 3 aromatic rings. The summed E-state index contributed by atoms with van der Waals surface area (Å²) >= 11 is 0. The van der Waals surface area contributed by atoms with Crippen LogP contribution >= 0.6 is 0 Å². The molecule has 1 heterocycles. The molecule has 100 valence electrons. The number of nitrogens with zero attached hydrogens (tertiary/aromatic N) is 2. The lowest BCUT2D eigenvalue weighted by Gasteiger charge is -2.13. The van der Waals surface area contributed by atoms with Gasteiger partial charge in [0.05, 0.1) is 5.69 Å². The Hall–Kier alpha value is -2.35. The Morgan fingerprint density at radius 2 is 1.85 bits per heavy atom. The van der Waals surface area contributed by atoms with Gasteiger partial charge in [0.25, 0.3) is 0 Å². The summed E-state index contributed by atoms with van der Waals surface area (Å²) in [6, 6.07) is 17.1. The van der Waals surface area contributed by atoms with Gasteiger partial charge in [0.15, 0.2) is 0 Å². The summed E-state index contributed by atoms with van der Waals surface area (Å²) in [7, 11) is 0.